The average Bonchev–Trinajstić information content (AvgIpc) is 2.56. The summed E-state index contributed by atoms with van der Waals surface area (Å²) in [5.41, 5.74) is 0.693. The molecule has 0 spiro atoms. The van der Waals surface area contributed by atoms with Crippen LogP contribution in [0.15, 0.2) is 46.9 Å². The third-order valence-electron chi connectivity index (χ3n) is 3.09. The minimum atomic E-state index is -0.530. The van der Waals surface area contributed by atoms with E-state index in [1.165, 1.54) is 6.07 Å². The Hall–Kier alpha value is -2.34. The maximum absolute atomic E-state index is 12.3. The Morgan fingerprint density at radius 3 is 2.40 bits per heavy atom. The largest absolute Gasteiger partial charge is 0.490 e. The molecule has 0 aromatic heterocycles. The lowest BCUT2D eigenvalue weighted by Gasteiger charge is -2.12. The van der Waals surface area contributed by atoms with E-state index in [9.17, 15) is 9.59 Å². The SMILES string of the molecule is CCOC(=O)c1cccc(OC(=O)c2ccc(OC(C)C)c(Br)c2)c1. The quantitative estimate of drug-likeness (QED) is 0.516. The number of benzene rings is 2. The minimum absolute atomic E-state index is 0.0275. The molecule has 25 heavy (non-hydrogen) atoms. The van der Waals surface area contributed by atoms with Crippen LogP contribution in [0.4, 0.5) is 0 Å². The van der Waals surface area contributed by atoms with Crippen molar-refractivity contribution in [1.82, 2.24) is 0 Å². The van der Waals surface area contributed by atoms with Crippen LogP contribution in [0.2, 0.25) is 0 Å². The molecule has 0 N–H and O–H groups in total. The van der Waals surface area contributed by atoms with E-state index in [2.05, 4.69) is 15.9 Å². The van der Waals surface area contributed by atoms with Crippen LogP contribution in [0.1, 0.15) is 41.5 Å². The summed E-state index contributed by atoms with van der Waals surface area (Å²) in [6, 6.07) is 11.3. The third-order valence-corrected chi connectivity index (χ3v) is 3.71. The summed E-state index contributed by atoms with van der Waals surface area (Å²) in [5, 5.41) is 0. The molecule has 0 aliphatic carbocycles. The van der Waals surface area contributed by atoms with E-state index in [4.69, 9.17) is 14.2 Å². The Morgan fingerprint density at radius 2 is 1.76 bits per heavy atom. The first-order valence-electron chi connectivity index (χ1n) is 7.86. The minimum Gasteiger partial charge on any atom is -0.490 e. The number of hydrogen-bond donors (Lipinski definition) is 0. The summed E-state index contributed by atoms with van der Waals surface area (Å²) >= 11 is 3.38. The van der Waals surface area contributed by atoms with Crippen LogP contribution < -0.4 is 9.47 Å². The van der Waals surface area contributed by atoms with Gasteiger partial charge in [0.2, 0.25) is 0 Å². The highest BCUT2D eigenvalue weighted by atomic mass is 79.9. The number of carbonyl (C=O) groups excluding carboxylic acids is 2. The second kappa shape index (κ2) is 8.67. The maximum Gasteiger partial charge on any atom is 0.343 e. The second-order valence-electron chi connectivity index (χ2n) is 5.45. The standard InChI is InChI=1S/C19H19BrO5/c1-4-23-18(21)13-6-5-7-15(10-13)25-19(22)14-8-9-17(16(20)11-14)24-12(2)3/h5-12H,4H2,1-3H3. The van der Waals surface area contributed by atoms with E-state index in [0.717, 1.165) is 0 Å². The van der Waals surface area contributed by atoms with Gasteiger partial charge in [-0.3, -0.25) is 0 Å². The number of halogens is 1. The average molecular weight is 407 g/mol. The predicted octanol–water partition coefficient (Wildman–Crippen LogP) is 4.63. The zero-order valence-electron chi connectivity index (χ0n) is 14.2. The zero-order chi connectivity index (χ0) is 18.4. The third kappa shape index (κ3) is 5.32. The molecule has 0 fully saturated rings. The van der Waals surface area contributed by atoms with Gasteiger partial charge in [-0.25, -0.2) is 9.59 Å². The molecule has 0 heterocycles. The van der Waals surface area contributed by atoms with Crippen molar-refractivity contribution in [3.05, 3.63) is 58.1 Å². The number of ether oxygens (including phenoxy) is 3. The zero-order valence-corrected chi connectivity index (χ0v) is 15.8. The van der Waals surface area contributed by atoms with E-state index in [1.54, 1.807) is 43.3 Å². The Kier molecular flexibility index (Phi) is 6.58. The Morgan fingerprint density at radius 1 is 1.04 bits per heavy atom. The van der Waals surface area contributed by atoms with Gasteiger partial charge in [-0.05, 0) is 73.1 Å². The summed E-state index contributed by atoms with van der Waals surface area (Å²) in [6.45, 7) is 5.85. The fraction of sp³-hybridized carbons (Fsp3) is 0.263. The highest BCUT2D eigenvalue weighted by Gasteiger charge is 2.14. The Balaban J connectivity index is 2.13. The van der Waals surface area contributed by atoms with Crippen LogP contribution in [-0.2, 0) is 4.74 Å². The molecular weight excluding hydrogens is 388 g/mol. The van der Waals surface area contributed by atoms with Crippen molar-refractivity contribution in [3.8, 4) is 11.5 Å². The first-order valence-corrected chi connectivity index (χ1v) is 8.65. The van der Waals surface area contributed by atoms with Crippen LogP contribution in [0.5, 0.6) is 11.5 Å². The molecule has 0 saturated carbocycles. The van der Waals surface area contributed by atoms with Crippen LogP contribution in [-0.4, -0.2) is 24.6 Å². The van der Waals surface area contributed by atoms with E-state index in [0.29, 0.717) is 21.3 Å². The molecule has 2 aromatic rings. The number of esters is 2. The van der Waals surface area contributed by atoms with E-state index < -0.39 is 11.9 Å². The molecule has 5 nitrogen and oxygen atoms in total. The summed E-state index contributed by atoms with van der Waals surface area (Å²) < 4.78 is 16.5. The van der Waals surface area contributed by atoms with Crippen molar-refractivity contribution in [2.75, 3.05) is 6.61 Å². The molecule has 2 rings (SSSR count). The van der Waals surface area contributed by atoms with Gasteiger partial charge in [0.25, 0.3) is 0 Å². The molecule has 0 atom stereocenters. The summed E-state index contributed by atoms with van der Waals surface area (Å²) in [7, 11) is 0. The van der Waals surface area contributed by atoms with Crippen LogP contribution in [0.25, 0.3) is 0 Å². The lowest BCUT2D eigenvalue weighted by molar-refractivity contribution is 0.0524. The van der Waals surface area contributed by atoms with Crippen molar-refractivity contribution in [1.29, 1.82) is 0 Å². The van der Waals surface area contributed by atoms with Gasteiger partial charge in [-0.15, -0.1) is 0 Å². The van der Waals surface area contributed by atoms with Crippen molar-refractivity contribution in [2.24, 2.45) is 0 Å². The van der Waals surface area contributed by atoms with Crippen LogP contribution >= 0.6 is 15.9 Å². The normalized spacial score (nSPS) is 10.4. The molecule has 0 saturated heterocycles. The van der Waals surface area contributed by atoms with Gasteiger partial charge in [0.15, 0.2) is 0 Å². The Labute approximate surface area is 155 Å². The van der Waals surface area contributed by atoms with Gasteiger partial charge in [0.1, 0.15) is 11.5 Å². The molecule has 0 amide bonds. The molecule has 6 heteroatoms. The van der Waals surface area contributed by atoms with Crippen LogP contribution in [0, 0.1) is 0 Å². The number of carbonyl (C=O) groups is 2. The fourth-order valence-electron chi connectivity index (χ4n) is 2.04. The highest BCUT2D eigenvalue weighted by Crippen LogP contribution is 2.27. The number of rotatable bonds is 6. The van der Waals surface area contributed by atoms with Gasteiger partial charge in [0.05, 0.1) is 28.3 Å². The van der Waals surface area contributed by atoms with Gasteiger partial charge < -0.3 is 14.2 Å². The van der Waals surface area contributed by atoms with E-state index in [1.807, 2.05) is 13.8 Å². The molecular formula is C19H19BrO5. The molecule has 0 radical (unpaired) electrons. The highest BCUT2D eigenvalue weighted by molar-refractivity contribution is 9.10. The van der Waals surface area contributed by atoms with Crippen molar-refractivity contribution in [3.63, 3.8) is 0 Å². The van der Waals surface area contributed by atoms with E-state index >= 15 is 0 Å². The smallest absolute Gasteiger partial charge is 0.343 e. The molecule has 132 valence electrons. The molecule has 0 aliphatic rings. The van der Waals surface area contributed by atoms with E-state index in [-0.39, 0.29) is 18.5 Å². The summed E-state index contributed by atoms with van der Waals surface area (Å²) in [6.07, 6.45) is 0.0275. The van der Waals surface area contributed by atoms with Gasteiger partial charge in [-0.1, -0.05) is 6.07 Å². The summed E-state index contributed by atoms with van der Waals surface area (Å²) in [4.78, 5) is 24.0. The maximum atomic E-state index is 12.3. The topological polar surface area (TPSA) is 61.8 Å². The van der Waals surface area contributed by atoms with Gasteiger partial charge in [-0.2, -0.15) is 0 Å². The van der Waals surface area contributed by atoms with Gasteiger partial charge >= 0.3 is 11.9 Å². The molecule has 2 aromatic carbocycles. The van der Waals surface area contributed by atoms with Gasteiger partial charge in [0, 0.05) is 0 Å². The monoisotopic (exact) mass is 406 g/mol. The lowest BCUT2D eigenvalue weighted by atomic mass is 10.2. The molecule has 0 unspecified atom stereocenters. The first-order chi connectivity index (χ1) is 11.9. The Bertz CT molecular complexity index is 770. The lowest BCUT2D eigenvalue weighted by Crippen LogP contribution is -2.11. The number of hydrogen-bond acceptors (Lipinski definition) is 5. The fourth-order valence-corrected chi connectivity index (χ4v) is 2.52. The van der Waals surface area contributed by atoms with Crippen molar-refractivity contribution < 1.29 is 23.8 Å². The molecule has 0 aliphatic heterocycles. The molecule has 0 bridgehead atoms. The van der Waals surface area contributed by atoms with Crippen molar-refractivity contribution in [2.45, 2.75) is 26.9 Å². The van der Waals surface area contributed by atoms with Crippen molar-refractivity contribution >= 4 is 27.9 Å². The predicted molar refractivity (Wildman–Crippen MR) is 97.3 cm³/mol. The second-order valence-corrected chi connectivity index (χ2v) is 6.30. The first kappa shape index (κ1) is 19.0. The van der Waals surface area contributed by atoms with Crippen LogP contribution in [0.3, 0.4) is 0 Å². The summed E-state index contributed by atoms with van der Waals surface area (Å²) in [5.74, 6) is -0.0684.